The van der Waals surface area contributed by atoms with Gasteiger partial charge in [0.1, 0.15) is 16.6 Å². The highest BCUT2D eigenvalue weighted by Crippen LogP contribution is 2.32. The molecule has 0 saturated carbocycles. The van der Waals surface area contributed by atoms with E-state index in [0.29, 0.717) is 10.5 Å². The minimum Gasteiger partial charge on any atom is -0.480 e. The molecule has 3 rings (SSSR count). The van der Waals surface area contributed by atoms with Crippen molar-refractivity contribution in [1.82, 2.24) is 4.90 Å². The Bertz CT molecular complexity index is 919. The fourth-order valence-corrected chi connectivity index (χ4v) is 3.40. The van der Waals surface area contributed by atoms with Crippen molar-refractivity contribution in [3.8, 4) is 5.75 Å². The van der Waals surface area contributed by atoms with Crippen molar-refractivity contribution in [2.24, 2.45) is 0 Å². The smallest absolute Gasteiger partial charge is 0.379 e. The molecule has 1 N–H and O–H groups in total. The molecule has 2 heterocycles. The SMILES string of the molecule is O=C(O)CN1C(=O)/C(=C/c2cccc(OC(=O)c3ccco3)c2)SC1=S. The van der Waals surface area contributed by atoms with Gasteiger partial charge in [-0.2, -0.15) is 0 Å². The molecule has 0 bridgehead atoms. The number of furan rings is 1. The van der Waals surface area contributed by atoms with Crippen molar-refractivity contribution < 1.29 is 28.6 Å². The van der Waals surface area contributed by atoms with E-state index in [-0.39, 0.29) is 15.8 Å². The van der Waals surface area contributed by atoms with Gasteiger partial charge < -0.3 is 14.3 Å². The number of ether oxygens (including phenoxy) is 1. The van der Waals surface area contributed by atoms with Crippen molar-refractivity contribution in [1.29, 1.82) is 0 Å². The molecule has 9 heteroatoms. The molecule has 1 amide bonds. The van der Waals surface area contributed by atoms with Gasteiger partial charge in [-0.15, -0.1) is 0 Å². The molecular formula is C17H11NO6S2. The standard InChI is InChI=1S/C17H11NO6S2/c19-14(20)9-18-15(21)13(26-17(18)25)8-10-3-1-4-11(7-10)24-16(22)12-5-2-6-23-12/h1-8H,9H2,(H,19,20)/b13-8-. The van der Waals surface area contributed by atoms with Gasteiger partial charge in [-0.3, -0.25) is 14.5 Å². The van der Waals surface area contributed by atoms with Crippen LogP contribution in [0.25, 0.3) is 6.08 Å². The highest BCUT2D eigenvalue weighted by Gasteiger charge is 2.33. The molecular weight excluding hydrogens is 378 g/mol. The van der Waals surface area contributed by atoms with Crippen molar-refractivity contribution in [3.63, 3.8) is 0 Å². The number of hydrogen-bond acceptors (Lipinski definition) is 7. The van der Waals surface area contributed by atoms with Gasteiger partial charge >= 0.3 is 11.9 Å². The molecule has 1 aromatic heterocycles. The molecule has 1 aliphatic heterocycles. The summed E-state index contributed by atoms with van der Waals surface area (Å²) in [6, 6.07) is 9.60. The highest BCUT2D eigenvalue weighted by molar-refractivity contribution is 8.26. The number of hydrogen-bond donors (Lipinski definition) is 1. The average molecular weight is 389 g/mol. The summed E-state index contributed by atoms with van der Waals surface area (Å²) >= 11 is 6.06. The zero-order valence-corrected chi connectivity index (χ0v) is 14.7. The number of esters is 1. The second-order valence-electron chi connectivity index (χ2n) is 5.10. The van der Waals surface area contributed by atoms with Crippen LogP contribution in [0.2, 0.25) is 0 Å². The third kappa shape index (κ3) is 4.01. The maximum atomic E-state index is 12.3. The first kappa shape index (κ1) is 17.9. The molecule has 0 aliphatic carbocycles. The average Bonchev–Trinajstić information content (AvgIpc) is 3.20. The van der Waals surface area contributed by atoms with Gasteiger partial charge in [-0.1, -0.05) is 36.1 Å². The summed E-state index contributed by atoms with van der Waals surface area (Å²) in [4.78, 5) is 36.3. The third-order valence-electron chi connectivity index (χ3n) is 3.26. The number of thioether (sulfide) groups is 1. The Labute approximate surface area is 157 Å². The normalized spacial score (nSPS) is 15.5. The van der Waals surface area contributed by atoms with E-state index < -0.39 is 24.4 Å². The summed E-state index contributed by atoms with van der Waals surface area (Å²) in [5.74, 6) is -1.90. The molecule has 1 aromatic carbocycles. The van der Waals surface area contributed by atoms with Crippen LogP contribution in [0.4, 0.5) is 0 Å². The number of nitrogens with zero attached hydrogens (tertiary/aromatic N) is 1. The molecule has 1 saturated heterocycles. The lowest BCUT2D eigenvalue weighted by Gasteiger charge is -2.10. The van der Waals surface area contributed by atoms with Gasteiger partial charge in [-0.25, -0.2) is 4.79 Å². The number of carbonyl (C=O) groups is 3. The summed E-state index contributed by atoms with van der Waals surface area (Å²) < 4.78 is 10.4. The van der Waals surface area contributed by atoms with E-state index in [1.165, 1.54) is 12.3 Å². The first-order chi connectivity index (χ1) is 12.4. The Morgan fingerprint density at radius 2 is 2.12 bits per heavy atom. The van der Waals surface area contributed by atoms with Crippen LogP contribution in [-0.4, -0.2) is 38.7 Å². The van der Waals surface area contributed by atoms with Gasteiger partial charge in [-0.05, 0) is 35.9 Å². The van der Waals surface area contributed by atoms with Crippen LogP contribution in [-0.2, 0) is 9.59 Å². The maximum Gasteiger partial charge on any atom is 0.379 e. The van der Waals surface area contributed by atoms with E-state index in [4.69, 9.17) is 26.5 Å². The van der Waals surface area contributed by atoms with Crippen molar-refractivity contribution in [2.45, 2.75) is 0 Å². The molecule has 0 unspecified atom stereocenters. The molecule has 0 spiro atoms. The lowest BCUT2D eigenvalue weighted by molar-refractivity contribution is -0.140. The highest BCUT2D eigenvalue weighted by atomic mass is 32.2. The first-order valence-corrected chi connectivity index (χ1v) is 8.49. The van der Waals surface area contributed by atoms with Crippen LogP contribution in [0.3, 0.4) is 0 Å². The predicted octanol–water partition coefficient (Wildman–Crippen LogP) is 2.78. The van der Waals surface area contributed by atoms with Crippen LogP contribution in [0.15, 0.2) is 52.0 Å². The zero-order valence-electron chi connectivity index (χ0n) is 13.1. The predicted molar refractivity (Wildman–Crippen MR) is 97.6 cm³/mol. The van der Waals surface area contributed by atoms with Crippen molar-refractivity contribution >= 4 is 52.2 Å². The number of thiocarbonyl (C=S) groups is 1. The minimum atomic E-state index is -1.14. The second kappa shape index (κ2) is 7.54. The number of aliphatic carboxylic acids is 1. The van der Waals surface area contributed by atoms with E-state index in [1.54, 1.807) is 36.4 Å². The summed E-state index contributed by atoms with van der Waals surface area (Å²) in [6.07, 6.45) is 2.93. The van der Waals surface area contributed by atoms with Gasteiger partial charge in [0.15, 0.2) is 0 Å². The van der Waals surface area contributed by atoms with Crippen molar-refractivity contribution in [3.05, 3.63) is 58.9 Å². The van der Waals surface area contributed by atoms with E-state index in [2.05, 4.69) is 0 Å². The van der Waals surface area contributed by atoms with Crippen LogP contribution in [0.5, 0.6) is 5.75 Å². The zero-order chi connectivity index (χ0) is 18.7. The fourth-order valence-electron chi connectivity index (χ4n) is 2.14. The summed E-state index contributed by atoms with van der Waals surface area (Å²) in [6.45, 7) is -0.483. The molecule has 26 heavy (non-hydrogen) atoms. The summed E-state index contributed by atoms with van der Waals surface area (Å²) in [5.41, 5.74) is 0.602. The fraction of sp³-hybridized carbons (Fsp3) is 0.0588. The Balaban J connectivity index is 1.77. The van der Waals surface area contributed by atoms with E-state index in [1.807, 2.05) is 0 Å². The second-order valence-corrected chi connectivity index (χ2v) is 6.78. The van der Waals surface area contributed by atoms with Gasteiger partial charge in [0, 0.05) is 0 Å². The lowest BCUT2D eigenvalue weighted by atomic mass is 10.2. The Morgan fingerprint density at radius 3 is 2.81 bits per heavy atom. The maximum absolute atomic E-state index is 12.3. The molecule has 1 fully saturated rings. The molecule has 2 aromatic rings. The summed E-state index contributed by atoms with van der Waals surface area (Å²) in [5, 5.41) is 8.85. The van der Waals surface area contributed by atoms with Gasteiger partial charge in [0.2, 0.25) is 5.76 Å². The van der Waals surface area contributed by atoms with Crippen LogP contribution in [0, 0.1) is 0 Å². The minimum absolute atomic E-state index is 0.0740. The first-order valence-electron chi connectivity index (χ1n) is 7.27. The van der Waals surface area contributed by atoms with Crippen LogP contribution in [0.1, 0.15) is 16.1 Å². The number of benzene rings is 1. The Kier molecular flexibility index (Phi) is 5.19. The van der Waals surface area contributed by atoms with Crippen LogP contribution < -0.4 is 4.74 Å². The Morgan fingerprint density at radius 1 is 1.31 bits per heavy atom. The Hall–Kier alpha value is -2.91. The number of amides is 1. The molecule has 7 nitrogen and oxygen atoms in total. The topological polar surface area (TPSA) is 97.0 Å². The van der Waals surface area contributed by atoms with Gasteiger partial charge in [0.25, 0.3) is 5.91 Å². The van der Waals surface area contributed by atoms with E-state index in [0.717, 1.165) is 16.7 Å². The summed E-state index contributed by atoms with van der Waals surface area (Å²) in [7, 11) is 0. The van der Waals surface area contributed by atoms with E-state index >= 15 is 0 Å². The number of carboxylic acids is 1. The lowest BCUT2D eigenvalue weighted by Crippen LogP contribution is -2.33. The monoisotopic (exact) mass is 389 g/mol. The van der Waals surface area contributed by atoms with Crippen molar-refractivity contribution in [2.75, 3.05) is 6.54 Å². The van der Waals surface area contributed by atoms with Gasteiger partial charge in [0.05, 0.1) is 11.2 Å². The number of rotatable bonds is 5. The van der Waals surface area contributed by atoms with Crippen LogP contribution >= 0.6 is 24.0 Å². The number of carbonyl (C=O) groups excluding carboxylic acids is 2. The molecule has 0 radical (unpaired) electrons. The largest absolute Gasteiger partial charge is 0.480 e. The number of carboxylic acid groups (broad SMARTS) is 1. The third-order valence-corrected chi connectivity index (χ3v) is 4.63. The quantitative estimate of drug-likeness (QED) is 0.361. The van der Waals surface area contributed by atoms with E-state index in [9.17, 15) is 14.4 Å². The molecule has 1 aliphatic rings. The molecule has 0 atom stereocenters. The molecule has 132 valence electrons.